The fraction of sp³-hybridized carbons (Fsp3) is 0.250. The zero-order chi connectivity index (χ0) is 23.7. The largest absolute Gasteiger partial charge is 0.305 e. The number of hydrogen-bond acceptors (Lipinski definition) is 5. The van der Waals surface area contributed by atoms with Crippen molar-refractivity contribution in [3.63, 3.8) is 0 Å². The SMILES string of the molecule is O=C(Nc1ccc(F)cn1)c1n[nH]c2ccc(-c3cncc(CN4CCC(F)(F)CC4)c3)cc12. The maximum Gasteiger partial charge on any atom is 0.277 e. The van der Waals surface area contributed by atoms with Gasteiger partial charge in [0.2, 0.25) is 0 Å². The number of alkyl halides is 2. The van der Waals surface area contributed by atoms with Crippen molar-refractivity contribution in [2.24, 2.45) is 0 Å². The molecule has 4 heterocycles. The zero-order valence-electron chi connectivity index (χ0n) is 18.1. The first kappa shape index (κ1) is 22.0. The average molecular weight is 466 g/mol. The molecule has 1 fully saturated rings. The van der Waals surface area contributed by atoms with Crippen molar-refractivity contribution >= 4 is 22.6 Å². The highest BCUT2D eigenvalue weighted by molar-refractivity contribution is 6.11. The summed E-state index contributed by atoms with van der Waals surface area (Å²) in [5, 5.41) is 10.2. The lowest BCUT2D eigenvalue weighted by atomic mass is 10.0. The number of piperidine rings is 1. The standard InChI is InChI=1S/C24H21F3N6O/c25-18-2-4-21(29-13-18)30-23(34)22-19-10-16(1-3-20(19)31-32-22)17-9-15(11-28-12-17)14-33-7-5-24(26,27)6-8-33/h1-4,9-13H,5-8,14H2,(H,31,32)(H,29,30,34). The van der Waals surface area contributed by atoms with Crippen molar-refractivity contribution in [3.8, 4) is 11.1 Å². The van der Waals surface area contributed by atoms with E-state index >= 15 is 0 Å². The molecular formula is C24H21F3N6O. The number of benzene rings is 1. The smallest absolute Gasteiger partial charge is 0.277 e. The number of aromatic amines is 1. The molecule has 1 aliphatic rings. The summed E-state index contributed by atoms with van der Waals surface area (Å²) < 4.78 is 39.9. The van der Waals surface area contributed by atoms with Gasteiger partial charge in [-0.25, -0.2) is 18.2 Å². The third kappa shape index (κ3) is 4.76. The van der Waals surface area contributed by atoms with E-state index in [9.17, 15) is 18.0 Å². The van der Waals surface area contributed by atoms with Gasteiger partial charge in [-0.3, -0.25) is 19.8 Å². The van der Waals surface area contributed by atoms with E-state index in [2.05, 4.69) is 25.5 Å². The van der Waals surface area contributed by atoms with Gasteiger partial charge in [0.1, 0.15) is 11.6 Å². The second-order valence-electron chi connectivity index (χ2n) is 8.36. The van der Waals surface area contributed by atoms with Crippen LogP contribution in [0.5, 0.6) is 0 Å². The summed E-state index contributed by atoms with van der Waals surface area (Å²) in [4.78, 5) is 22.9. The molecule has 174 valence electrons. The molecule has 7 nitrogen and oxygen atoms in total. The molecule has 0 bridgehead atoms. The minimum absolute atomic E-state index is 0.129. The first-order valence-corrected chi connectivity index (χ1v) is 10.8. The number of nitrogens with one attached hydrogen (secondary N) is 2. The summed E-state index contributed by atoms with van der Waals surface area (Å²) in [6.45, 7) is 1.24. The molecule has 10 heteroatoms. The number of likely N-dealkylation sites (tertiary alicyclic amines) is 1. The first-order valence-electron chi connectivity index (χ1n) is 10.8. The monoisotopic (exact) mass is 466 g/mol. The summed E-state index contributed by atoms with van der Waals surface area (Å²) in [5.74, 6) is -3.34. The lowest BCUT2D eigenvalue weighted by molar-refractivity contribution is -0.0566. The molecule has 4 aromatic rings. The third-order valence-electron chi connectivity index (χ3n) is 5.87. The Labute approximate surface area is 193 Å². The molecule has 1 saturated heterocycles. The minimum atomic E-state index is -2.58. The number of nitrogens with zero attached hydrogens (tertiary/aromatic N) is 4. The van der Waals surface area contributed by atoms with E-state index < -0.39 is 17.6 Å². The molecule has 34 heavy (non-hydrogen) atoms. The lowest BCUT2D eigenvalue weighted by Gasteiger charge is -2.31. The van der Waals surface area contributed by atoms with Crippen molar-refractivity contribution in [1.29, 1.82) is 0 Å². The molecule has 1 aliphatic heterocycles. The van der Waals surface area contributed by atoms with Crippen LogP contribution in [0.2, 0.25) is 0 Å². The third-order valence-corrected chi connectivity index (χ3v) is 5.87. The Morgan fingerprint density at radius 2 is 1.88 bits per heavy atom. The van der Waals surface area contributed by atoms with Crippen molar-refractivity contribution in [3.05, 3.63) is 72.1 Å². The Morgan fingerprint density at radius 1 is 1.06 bits per heavy atom. The van der Waals surface area contributed by atoms with Gasteiger partial charge >= 0.3 is 0 Å². The molecule has 0 radical (unpaired) electrons. The molecule has 0 unspecified atom stereocenters. The maximum absolute atomic E-state index is 13.4. The van der Waals surface area contributed by atoms with Gasteiger partial charge < -0.3 is 5.32 Å². The number of carbonyl (C=O) groups excluding carboxylic acids is 1. The fourth-order valence-electron chi connectivity index (χ4n) is 4.02. The van der Waals surface area contributed by atoms with Crippen LogP contribution in [0.15, 0.2) is 55.0 Å². The van der Waals surface area contributed by atoms with E-state index in [1.807, 2.05) is 29.2 Å². The zero-order valence-corrected chi connectivity index (χ0v) is 18.1. The number of halogens is 3. The van der Waals surface area contributed by atoms with Gasteiger partial charge in [-0.2, -0.15) is 5.10 Å². The fourth-order valence-corrected chi connectivity index (χ4v) is 4.02. The summed E-state index contributed by atoms with van der Waals surface area (Å²) in [7, 11) is 0. The number of amides is 1. The maximum atomic E-state index is 13.4. The number of hydrogen-bond donors (Lipinski definition) is 2. The second kappa shape index (κ2) is 8.86. The molecule has 0 spiro atoms. The van der Waals surface area contributed by atoms with Crippen molar-refractivity contribution in [2.45, 2.75) is 25.3 Å². The van der Waals surface area contributed by atoms with Gasteiger partial charge in [0.25, 0.3) is 11.8 Å². The lowest BCUT2D eigenvalue weighted by Crippen LogP contribution is -2.38. The van der Waals surface area contributed by atoms with Crippen LogP contribution in [0.4, 0.5) is 19.0 Å². The summed E-state index contributed by atoms with van der Waals surface area (Å²) >= 11 is 0. The Morgan fingerprint density at radius 3 is 2.65 bits per heavy atom. The highest BCUT2D eigenvalue weighted by Gasteiger charge is 2.33. The van der Waals surface area contributed by atoms with Gasteiger partial charge in [-0.15, -0.1) is 0 Å². The molecule has 1 aromatic carbocycles. The molecule has 5 rings (SSSR count). The minimum Gasteiger partial charge on any atom is -0.305 e. The number of anilines is 1. The number of fused-ring (bicyclic) bond motifs is 1. The van der Waals surface area contributed by atoms with Crippen LogP contribution in [0.25, 0.3) is 22.0 Å². The highest BCUT2D eigenvalue weighted by Crippen LogP contribution is 2.29. The van der Waals surface area contributed by atoms with Crippen molar-refractivity contribution < 1.29 is 18.0 Å². The van der Waals surface area contributed by atoms with Gasteiger partial charge in [0.15, 0.2) is 5.69 Å². The predicted molar refractivity (Wildman–Crippen MR) is 121 cm³/mol. The number of pyridine rings is 2. The van der Waals surface area contributed by atoms with Crippen LogP contribution < -0.4 is 5.32 Å². The average Bonchev–Trinajstić information content (AvgIpc) is 3.26. The summed E-state index contributed by atoms with van der Waals surface area (Å²) in [6.07, 6.45) is 4.22. The Balaban J connectivity index is 1.36. The molecule has 3 aromatic heterocycles. The van der Waals surface area contributed by atoms with Crippen LogP contribution in [-0.4, -0.2) is 50.0 Å². The van der Waals surface area contributed by atoms with Crippen LogP contribution in [-0.2, 0) is 6.54 Å². The van der Waals surface area contributed by atoms with Gasteiger partial charge in [-0.05, 0) is 41.5 Å². The van der Waals surface area contributed by atoms with Crippen LogP contribution in [0, 0.1) is 5.82 Å². The van der Waals surface area contributed by atoms with Gasteiger partial charge in [0, 0.05) is 55.8 Å². The quantitative estimate of drug-likeness (QED) is 0.448. The van der Waals surface area contributed by atoms with Crippen LogP contribution in [0.1, 0.15) is 28.9 Å². The topological polar surface area (TPSA) is 86.8 Å². The number of carbonyl (C=O) groups is 1. The van der Waals surface area contributed by atoms with Gasteiger partial charge in [0.05, 0.1) is 11.7 Å². The van der Waals surface area contributed by atoms with Crippen LogP contribution in [0.3, 0.4) is 0 Å². The summed E-state index contributed by atoms with van der Waals surface area (Å²) in [6, 6.07) is 10.1. The highest BCUT2D eigenvalue weighted by atomic mass is 19.3. The van der Waals surface area contributed by atoms with E-state index in [4.69, 9.17) is 0 Å². The van der Waals surface area contributed by atoms with E-state index in [1.54, 1.807) is 12.4 Å². The molecule has 1 amide bonds. The second-order valence-corrected chi connectivity index (χ2v) is 8.36. The summed E-state index contributed by atoms with van der Waals surface area (Å²) in [5.41, 5.74) is 3.47. The Bertz CT molecular complexity index is 1330. The Kier molecular flexibility index (Phi) is 5.74. The van der Waals surface area contributed by atoms with E-state index in [1.165, 1.54) is 12.1 Å². The molecule has 0 aliphatic carbocycles. The van der Waals surface area contributed by atoms with E-state index in [-0.39, 0.29) is 24.4 Å². The van der Waals surface area contributed by atoms with Crippen LogP contribution >= 0.6 is 0 Å². The number of rotatable bonds is 5. The van der Waals surface area contributed by atoms with E-state index in [0.29, 0.717) is 30.5 Å². The normalized spacial score (nSPS) is 16.0. The molecule has 0 saturated carbocycles. The molecule has 0 atom stereocenters. The first-order chi connectivity index (χ1) is 16.4. The van der Waals surface area contributed by atoms with Crippen molar-refractivity contribution in [1.82, 2.24) is 25.1 Å². The predicted octanol–water partition coefficient (Wildman–Crippen LogP) is 4.64. The molecular weight excluding hydrogens is 445 g/mol. The van der Waals surface area contributed by atoms with Gasteiger partial charge in [-0.1, -0.05) is 6.07 Å². The Hall–Kier alpha value is -3.79. The number of H-pyrrole nitrogens is 1. The molecule has 2 N–H and O–H groups in total. The number of aromatic nitrogens is 4. The van der Waals surface area contributed by atoms with E-state index in [0.717, 1.165) is 22.9 Å². The van der Waals surface area contributed by atoms with Crippen molar-refractivity contribution in [2.75, 3.05) is 18.4 Å².